The van der Waals surface area contributed by atoms with Crippen molar-refractivity contribution in [1.29, 1.82) is 0 Å². The average Bonchev–Trinajstić information content (AvgIpc) is 2.15. The third-order valence-electron chi connectivity index (χ3n) is 1.89. The highest BCUT2D eigenvalue weighted by molar-refractivity contribution is 5.28. The average molecular weight is 186 g/mol. The van der Waals surface area contributed by atoms with E-state index in [1.165, 1.54) is 6.07 Å². The van der Waals surface area contributed by atoms with Gasteiger partial charge in [-0.1, -0.05) is 24.3 Å². The Morgan fingerprint density at radius 1 is 1.23 bits per heavy atom. The van der Waals surface area contributed by atoms with E-state index in [-0.39, 0.29) is 12.2 Å². The number of hydrogen-bond donors (Lipinski definition) is 1. The molecule has 0 amide bonds. The van der Waals surface area contributed by atoms with Crippen molar-refractivity contribution >= 4 is 0 Å². The predicted octanol–water partition coefficient (Wildman–Crippen LogP) is 2.55. The topological polar surface area (TPSA) is 20.2 Å². The van der Waals surface area contributed by atoms with Crippen LogP contribution >= 0.6 is 0 Å². The van der Waals surface area contributed by atoms with Crippen molar-refractivity contribution in [2.24, 2.45) is 0 Å². The minimum Gasteiger partial charge on any atom is -0.396 e. The van der Waals surface area contributed by atoms with Crippen LogP contribution in [0, 0.1) is 0 Å². The molecule has 0 spiro atoms. The largest absolute Gasteiger partial charge is 0.396 e. The molecule has 1 rings (SSSR count). The van der Waals surface area contributed by atoms with Crippen LogP contribution in [0.2, 0.25) is 0 Å². The Morgan fingerprint density at radius 3 is 2.54 bits per heavy atom. The molecule has 0 heterocycles. The number of halogens is 2. The molecule has 0 saturated carbocycles. The maximum Gasteiger partial charge on any atom is 0.264 e. The lowest BCUT2D eigenvalue weighted by Gasteiger charge is -2.06. The van der Waals surface area contributed by atoms with Crippen molar-refractivity contribution in [3.05, 3.63) is 35.4 Å². The normalized spacial score (nSPS) is 10.8. The minimum absolute atomic E-state index is 0.0393. The van der Waals surface area contributed by atoms with Crippen LogP contribution < -0.4 is 0 Å². The maximum atomic E-state index is 12.4. The van der Waals surface area contributed by atoms with Crippen LogP contribution in [0.4, 0.5) is 8.78 Å². The van der Waals surface area contributed by atoms with Gasteiger partial charge in [-0.15, -0.1) is 0 Å². The first-order valence-electron chi connectivity index (χ1n) is 4.22. The van der Waals surface area contributed by atoms with Crippen LogP contribution in [0.3, 0.4) is 0 Å². The van der Waals surface area contributed by atoms with E-state index < -0.39 is 6.43 Å². The molecule has 0 bridgehead atoms. The Labute approximate surface area is 76.0 Å². The van der Waals surface area contributed by atoms with Gasteiger partial charge in [-0.3, -0.25) is 0 Å². The highest BCUT2D eigenvalue weighted by Gasteiger charge is 2.10. The zero-order chi connectivity index (χ0) is 9.68. The molecular weight excluding hydrogens is 174 g/mol. The molecule has 3 heteroatoms. The molecule has 13 heavy (non-hydrogen) atoms. The quantitative estimate of drug-likeness (QED) is 0.766. The molecule has 1 nitrogen and oxygen atoms in total. The van der Waals surface area contributed by atoms with Gasteiger partial charge < -0.3 is 5.11 Å². The molecule has 0 aliphatic heterocycles. The molecule has 1 aromatic carbocycles. The Morgan fingerprint density at radius 2 is 1.92 bits per heavy atom. The van der Waals surface area contributed by atoms with Gasteiger partial charge in [0, 0.05) is 12.2 Å². The molecule has 0 atom stereocenters. The van der Waals surface area contributed by atoms with E-state index in [1.54, 1.807) is 18.2 Å². The number of alkyl halides is 2. The number of aliphatic hydroxyl groups is 1. The Kier molecular flexibility index (Phi) is 3.83. The fourth-order valence-electron chi connectivity index (χ4n) is 1.24. The van der Waals surface area contributed by atoms with Crippen LogP contribution in [0.1, 0.15) is 24.0 Å². The second-order valence-corrected chi connectivity index (χ2v) is 2.83. The van der Waals surface area contributed by atoms with Crippen molar-refractivity contribution < 1.29 is 13.9 Å². The van der Waals surface area contributed by atoms with E-state index in [1.807, 2.05) is 0 Å². The first-order chi connectivity index (χ1) is 6.25. The van der Waals surface area contributed by atoms with Gasteiger partial charge in [0.2, 0.25) is 0 Å². The van der Waals surface area contributed by atoms with Crippen molar-refractivity contribution in [2.45, 2.75) is 19.3 Å². The monoisotopic (exact) mass is 186 g/mol. The first kappa shape index (κ1) is 10.1. The third kappa shape index (κ3) is 2.77. The Bertz CT molecular complexity index is 261. The molecule has 0 aliphatic rings. The van der Waals surface area contributed by atoms with E-state index in [0.29, 0.717) is 18.4 Å². The second kappa shape index (κ2) is 4.92. The first-order valence-corrected chi connectivity index (χ1v) is 4.22. The maximum absolute atomic E-state index is 12.4. The van der Waals surface area contributed by atoms with Crippen molar-refractivity contribution in [3.63, 3.8) is 0 Å². The van der Waals surface area contributed by atoms with Gasteiger partial charge in [0.15, 0.2) is 0 Å². The van der Waals surface area contributed by atoms with E-state index in [4.69, 9.17) is 5.11 Å². The number of hydrogen-bond acceptors (Lipinski definition) is 1. The van der Waals surface area contributed by atoms with Crippen LogP contribution in [-0.4, -0.2) is 11.7 Å². The zero-order valence-corrected chi connectivity index (χ0v) is 7.21. The highest BCUT2D eigenvalue weighted by Crippen LogP contribution is 2.23. The number of aliphatic hydroxyl groups excluding tert-OH is 1. The van der Waals surface area contributed by atoms with Gasteiger partial charge in [-0.25, -0.2) is 8.78 Å². The lowest BCUT2D eigenvalue weighted by Crippen LogP contribution is -1.96. The Balaban J connectivity index is 2.78. The lowest BCUT2D eigenvalue weighted by atomic mass is 10.0. The second-order valence-electron chi connectivity index (χ2n) is 2.83. The van der Waals surface area contributed by atoms with E-state index in [9.17, 15) is 8.78 Å². The smallest absolute Gasteiger partial charge is 0.264 e. The third-order valence-corrected chi connectivity index (χ3v) is 1.89. The molecule has 0 unspecified atom stereocenters. The SMILES string of the molecule is OCCCc1ccccc1C(F)F. The summed E-state index contributed by atoms with van der Waals surface area (Å²) in [6.45, 7) is 0.0393. The number of benzene rings is 1. The van der Waals surface area contributed by atoms with E-state index in [2.05, 4.69) is 0 Å². The number of rotatable bonds is 4. The van der Waals surface area contributed by atoms with E-state index >= 15 is 0 Å². The summed E-state index contributed by atoms with van der Waals surface area (Å²) < 4.78 is 24.8. The van der Waals surface area contributed by atoms with Crippen LogP contribution in [0.25, 0.3) is 0 Å². The van der Waals surface area contributed by atoms with Gasteiger partial charge in [-0.2, -0.15) is 0 Å². The summed E-state index contributed by atoms with van der Waals surface area (Å²) in [7, 11) is 0. The summed E-state index contributed by atoms with van der Waals surface area (Å²) in [5.74, 6) is 0. The summed E-state index contributed by atoms with van der Waals surface area (Å²) in [6, 6.07) is 6.44. The van der Waals surface area contributed by atoms with Crippen molar-refractivity contribution in [1.82, 2.24) is 0 Å². The lowest BCUT2D eigenvalue weighted by molar-refractivity contribution is 0.150. The van der Waals surface area contributed by atoms with Gasteiger partial charge in [-0.05, 0) is 18.4 Å². The van der Waals surface area contributed by atoms with E-state index in [0.717, 1.165) is 0 Å². The molecule has 0 aromatic heterocycles. The van der Waals surface area contributed by atoms with Gasteiger partial charge >= 0.3 is 0 Å². The Hall–Kier alpha value is -0.960. The van der Waals surface area contributed by atoms with Gasteiger partial charge in [0.05, 0.1) is 0 Å². The van der Waals surface area contributed by atoms with Crippen LogP contribution in [-0.2, 0) is 6.42 Å². The summed E-state index contributed by atoms with van der Waals surface area (Å²) in [4.78, 5) is 0. The fraction of sp³-hybridized carbons (Fsp3) is 0.400. The van der Waals surface area contributed by atoms with Crippen LogP contribution in [0.15, 0.2) is 24.3 Å². The zero-order valence-electron chi connectivity index (χ0n) is 7.21. The van der Waals surface area contributed by atoms with Crippen LogP contribution in [0.5, 0.6) is 0 Å². The van der Waals surface area contributed by atoms with Crippen molar-refractivity contribution in [2.75, 3.05) is 6.61 Å². The molecule has 72 valence electrons. The summed E-state index contributed by atoms with van der Waals surface area (Å²) in [5.41, 5.74) is 0.711. The number of aryl methyl sites for hydroxylation is 1. The van der Waals surface area contributed by atoms with Crippen molar-refractivity contribution in [3.8, 4) is 0 Å². The molecule has 0 aliphatic carbocycles. The predicted molar refractivity (Wildman–Crippen MR) is 46.8 cm³/mol. The summed E-state index contributed by atoms with van der Waals surface area (Å²) >= 11 is 0. The molecular formula is C10H12F2O. The standard InChI is InChI=1S/C10H12F2O/c11-10(12)9-6-2-1-4-8(9)5-3-7-13/h1-2,4,6,10,13H,3,5,7H2. The molecule has 1 aromatic rings. The highest BCUT2D eigenvalue weighted by atomic mass is 19.3. The molecule has 0 fully saturated rings. The summed E-state index contributed by atoms with van der Waals surface area (Å²) in [6.07, 6.45) is -1.38. The minimum atomic E-state index is -2.42. The molecule has 1 N–H and O–H groups in total. The summed E-state index contributed by atoms with van der Waals surface area (Å²) in [5, 5.41) is 8.57. The fourth-order valence-corrected chi connectivity index (χ4v) is 1.24. The van der Waals surface area contributed by atoms with Gasteiger partial charge in [0.1, 0.15) is 0 Å². The molecule has 0 saturated heterocycles. The molecule has 0 radical (unpaired) electrons. The van der Waals surface area contributed by atoms with Gasteiger partial charge in [0.25, 0.3) is 6.43 Å².